The average Bonchev–Trinajstić information content (AvgIpc) is 3.77. The van der Waals surface area contributed by atoms with E-state index in [9.17, 15) is 0 Å². The molecule has 0 unspecified atom stereocenters. The number of aromatic nitrogens is 8. The Morgan fingerprint density at radius 3 is 1.69 bits per heavy atom. The first kappa shape index (κ1) is 32.9. The van der Waals surface area contributed by atoms with E-state index in [1.165, 1.54) is 11.1 Å². The fraction of sp³-hybridized carbons (Fsp3) is 0.158. The smallest absolute Gasteiger partial charge is 0.233 e. The van der Waals surface area contributed by atoms with Gasteiger partial charge in [-0.25, -0.2) is 19.9 Å². The molecular formula is C38H34N10O3. The Labute approximate surface area is 292 Å². The molecule has 8 rings (SSSR count). The molecule has 0 saturated carbocycles. The molecule has 254 valence electrons. The highest BCUT2D eigenvalue weighted by Crippen LogP contribution is 2.19. The third-order valence-electron chi connectivity index (χ3n) is 8.36. The molecule has 0 saturated heterocycles. The predicted molar refractivity (Wildman–Crippen MR) is 194 cm³/mol. The van der Waals surface area contributed by atoms with Gasteiger partial charge in [-0.3, -0.25) is 18.8 Å². The minimum Gasteiger partial charge on any atom is -0.411 e. The molecule has 0 aliphatic carbocycles. The number of fused-ring (bicyclic) bond motifs is 4. The van der Waals surface area contributed by atoms with Crippen molar-refractivity contribution in [2.45, 2.75) is 26.7 Å². The van der Waals surface area contributed by atoms with Crippen LogP contribution in [0.5, 0.6) is 0 Å². The third-order valence-corrected chi connectivity index (χ3v) is 8.36. The number of pyridine rings is 2. The van der Waals surface area contributed by atoms with Crippen LogP contribution in [0.25, 0.3) is 33.4 Å². The molecule has 6 heterocycles. The number of rotatable bonds is 9. The Kier molecular flexibility index (Phi) is 9.61. The fourth-order valence-electron chi connectivity index (χ4n) is 5.66. The molecule has 13 nitrogen and oxygen atoms in total. The Morgan fingerprint density at radius 2 is 1.18 bits per heavy atom. The first-order chi connectivity index (χ1) is 25.0. The van der Waals surface area contributed by atoms with E-state index in [2.05, 4.69) is 76.6 Å². The SMILES string of the molecule is C/C(=N\O)c1cnc2ncc(Cc3ccc4ncccc4c3)n2c1.C/C(=N\OCCO)c1cnc2ncc(Cc3ccc4ncccc4c3)n2c1. The Morgan fingerprint density at radius 1 is 0.667 bits per heavy atom. The fourth-order valence-corrected chi connectivity index (χ4v) is 5.66. The van der Waals surface area contributed by atoms with E-state index < -0.39 is 0 Å². The lowest BCUT2D eigenvalue weighted by molar-refractivity contribution is 0.0986. The van der Waals surface area contributed by atoms with Gasteiger partial charge >= 0.3 is 0 Å². The largest absolute Gasteiger partial charge is 0.411 e. The summed E-state index contributed by atoms with van der Waals surface area (Å²) in [7, 11) is 0. The van der Waals surface area contributed by atoms with E-state index in [1.54, 1.807) is 31.7 Å². The van der Waals surface area contributed by atoms with Gasteiger partial charge in [-0.2, -0.15) is 0 Å². The van der Waals surface area contributed by atoms with Crippen molar-refractivity contribution in [3.05, 3.63) is 144 Å². The van der Waals surface area contributed by atoms with E-state index in [-0.39, 0.29) is 13.2 Å². The molecule has 0 aliphatic heterocycles. The first-order valence-corrected chi connectivity index (χ1v) is 16.3. The van der Waals surface area contributed by atoms with Crippen LogP contribution in [0.1, 0.15) is 47.5 Å². The van der Waals surface area contributed by atoms with Gasteiger partial charge in [-0.05, 0) is 61.4 Å². The van der Waals surface area contributed by atoms with Crippen molar-refractivity contribution in [2.75, 3.05) is 13.2 Å². The Bertz CT molecular complexity index is 2540. The zero-order valence-electron chi connectivity index (χ0n) is 28.0. The number of aliphatic hydroxyl groups excluding tert-OH is 1. The zero-order valence-corrected chi connectivity index (χ0v) is 28.0. The molecule has 8 aromatic rings. The van der Waals surface area contributed by atoms with Gasteiger partial charge in [0.05, 0.1) is 41.5 Å². The molecule has 2 aromatic carbocycles. The van der Waals surface area contributed by atoms with Crippen LogP contribution < -0.4 is 0 Å². The topological polar surface area (TPSA) is 161 Å². The van der Waals surface area contributed by atoms with Crippen molar-refractivity contribution in [2.24, 2.45) is 10.3 Å². The van der Waals surface area contributed by atoms with Crippen LogP contribution >= 0.6 is 0 Å². The molecule has 0 bridgehead atoms. The average molecular weight is 679 g/mol. The van der Waals surface area contributed by atoms with Crippen LogP contribution in [0.15, 0.2) is 121 Å². The highest BCUT2D eigenvalue weighted by Gasteiger charge is 2.10. The van der Waals surface area contributed by atoms with Crippen LogP contribution in [-0.2, 0) is 17.7 Å². The first-order valence-electron chi connectivity index (χ1n) is 16.3. The minimum atomic E-state index is -0.0684. The Hall–Kier alpha value is -6.60. The normalized spacial score (nSPS) is 12.1. The van der Waals surface area contributed by atoms with E-state index in [0.717, 1.165) is 57.2 Å². The molecule has 6 aromatic heterocycles. The van der Waals surface area contributed by atoms with Gasteiger partial charge in [0.25, 0.3) is 0 Å². The summed E-state index contributed by atoms with van der Waals surface area (Å²) in [5.74, 6) is 1.27. The summed E-state index contributed by atoms with van der Waals surface area (Å²) in [6.45, 7) is 3.67. The van der Waals surface area contributed by atoms with Gasteiger partial charge in [-0.15, -0.1) is 0 Å². The molecule has 0 amide bonds. The van der Waals surface area contributed by atoms with Crippen LogP contribution in [-0.4, -0.2) is 73.7 Å². The molecule has 51 heavy (non-hydrogen) atoms. The molecular weight excluding hydrogens is 644 g/mol. The monoisotopic (exact) mass is 678 g/mol. The second-order valence-corrected chi connectivity index (χ2v) is 11.9. The van der Waals surface area contributed by atoms with Crippen molar-refractivity contribution in [3.8, 4) is 0 Å². The van der Waals surface area contributed by atoms with Crippen LogP contribution in [0.4, 0.5) is 0 Å². The standard InChI is InChI=1S/C20H19N5O2.C18H15N5O/c1-14(24-27-8-7-26)17-11-22-20-23-12-18(25(20)13-17)10-15-4-5-19-16(9-15)3-2-6-21-19;1-12(22-24)15-9-20-18-21-10-16(23(18)11-15)8-13-4-5-17-14(7-13)3-2-6-19-17/h2-6,9,11-13,26H,7-8,10H2,1H3;2-7,9-11,24H,8H2,1H3/b24-14+;22-12+. The van der Waals surface area contributed by atoms with Crippen molar-refractivity contribution in [1.29, 1.82) is 0 Å². The number of imidazole rings is 2. The summed E-state index contributed by atoms with van der Waals surface area (Å²) in [6.07, 6.45) is 15.9. The van der Waals surface area contributed by atoms with Crippen molar-refractivity contribution < 1.29 is 15.2 Å². The number of aliphatic hydroxyl groups is 1. The number of benzene rings is 2. The lowest BCUT2D eigenvalue weighted by Crippen LogP contribution is -2.04. The second kappa shape index (κ2) is 14.9. The second-order valence-electron chi connectivity index (χ2n) is 11.9. The number of nitrogens with zero attached hydrogens (tertiary/aromatic N) is 10. The summed E-state index contributed by atoms with van der Waals surface area (Å²) in [6, 6.07) is 20.5. The summed E-state index contributed by atoms with van der Waals surface area (Å²) >= 11 is 0. The molecule has 0 radical (unpaired) electrons. The molecule has 2 N–H and O–H groups in total. The molecule has 13 heteroatoms. The lowest BCUT2D eigenvalue weighted by Gasteiger charge is -2.06. The van der Waals surface area contributed by atoms with Gasteiger partial charge in [0, 0.05) is 83.3 Å². The van der Waals surface area contributed by atoms with Crippen molar-refractivity contribution >= 4 is 44.8 Å². The summed E-state index contributed by atoms with van der Waals surface area (Å²) in [5.41, 5.74) is 9.18. The zero-order chi connectivity index (χ0) is 35.2. The summed E-state index contributed by atoms with van der Waals surface area (Å²) in [4.78, 5) is 31.2. The molecule has 0 spiro atoms. The van der Waals surface area contributed by atoms with Gasteiger partial charge in [-0.1, -0.05) is 34.6 Å². The van der Waals surface area contributed by atoms with Gasteiger partial charge in [0.15, 0.2) is 0 Å². The van der Waals surface area contributed by atoms with Gasteiger partial charge in [0.1, 0.15) is 6.61 Å². The van der Waals surface area contributed by atoms with E-state index in [4.69, 9.17) is 15.2 Å². The van der Waals surface area contributed by atoms with Crippen molar-refractivity contribution in [1.82, 2.24) is 38.7 Å². The maximum atomic E-state index is 8.95. The highest BCUT2D eigenvalue weighted by atomic mass is 16.6. The highest BCUT2D eigenvalue weighted by molar-refractivity contribution is 5.98. The van der Waals surface area contributed by atoms with Gasteiger partial charge < -0.3 is 15.2 Å². The third kappa shape index (κ3) is 7.38. The number of hydrogen-bond acceptors (Lipinski definition) is 11. The van der Waals surface area contributed by atoms with Crippen LogP contribution in [0.3, 0.4) is 0 Å². The van der Waals surface area contributed by atoms with Gasteiger partial charge in [0.2, 0.25) is 11.6 Å². The molecule has 0 aliphatic rings. The number of hydrogen-bond donors (Lipinski definition) is 2. The van der Waals surface area contributed by atoms with E-state index in [1.807, 2.05) is 64.8 Å². The minimum absolute atomic E-state index is 0.0684. The summed E-state index contributed by atoms with van der Waals surface area (Å²) in [5, 5.41) is 27.2. The van der Waals surface area contributed by atoms with Crippen molar-refractivity contribution in [3.63, 3.8) is 0 Å². The lowest BCUT2D eigenvalue weighted by atomic mass is 10.1. The van der Waals surface area contributed by atoms with Crippen LogP contribution in [0, 0.1) is 0 Å². The van der Waals surface area contributed by atoms with Crippen LogP contribution in [0.2, 0.25) is 0 Å². The van der Waals surface area contributed by atoms with E-state index >= 15 is 0 Å². The maximum absolute atomic E-state index is 8.95. The summed E-state index contributed by atoms with van der Waals surface area (Å²) < 4.78 is 3.89. The van der Waals surface area contributed by atoms with E-state index in [0.29, 0.717) is 23.0 Å². The Balaban J connectivity index is 0.000000160. The quantitative estimate of drug-likeness (QED) is 0.0849. The molecule has 0 fully saturated rings. The molecule has 0 atom stereocenters. The number of oxime groups is 2. The predicted octanol–water partition coefficient (Wildman–Crippen LogP) is 5.67. The maximum Gasteiger partial charge on any atom is 0.233 e.